The number of rotatable bonds is 5. The SMILES string of the molecule is Cc1cccc(C2C(C(=O)c3cc4cc(Br)ccc4o3)=C(O)C(=O)N2Cc2ccncc2)c1. The van der Waals surface area contributed by atoms with Gasteiger partial charge in [0.1, 0.15) is 5.58 Å². The Balaban J connectivity index is 1.61. The Morgan fingerprint density at radius 2 is 1.91 bits per heavy atom. The third-order valence-corrected chi connectivity index (χ3v) is 6.20. The number of halogens is 1. The number of aliphatic hydroxyl groups excluding tert-OH is 1. The summed E-state index contributed by atoms with van der Waals surface area (Å²) in [6, 6.07) is 17.5. The zero-order valence-electron chi connectivity index (χ0n) is 17.7. The highest BCUT2D eigenvalue weighted by atomic mass is 79.9. The highest BCUT2D eigenvalue weighted by molar-refractivity contribution is 9.10. The van der Waals surface area contributed by atoms with Crippen molar-refractivity contribution in [2.75, 3.05) is 0 Å². The van der Waals surface area contributed by atoms with Crippen LogP contribution in [0.4, 0.5) is 0 Å². The molecule has 164 valence electrons. The fourth-order valence-electron chi connectivity index (χ4n) is 4.18. The Hall–Kier alpha value is -3.71. The number of carbonyl (C=O) groups excluding carboxylic acids is 2. The van der Waals surface area contributed by atoms with Gasteiger partial charge in [0, 0.05) is 28.8 Å². The summed E-state index contributed by atoms with van der Waals surface area (Å²) in [7, 11) is 0. The van der Waals surface area contributed by atoms with E-state index in [0.717, 1.165) is 26.5 Å². The van der Waals surface area contributed by atoms with Crippen molar-refractivity contribution < 1.29 is 19.1 Å². The number of aryl methyl sites for hydroxylation is 1. The quantitative estimate of drug-likeness (QED) is 0.355. The number of furan rings is 1. The first kappa shape index (κ1) is 21.2. The zero-order valence-corrected chi connectivity index (χ0v) is 19.2. The van der Waals surface area contributed by atoms with Crippen molar-refractivity contribution >= 4 is 38.6 Å². The summed E-state index contributed by atoms with van der Waals surface area (Å²) >= 11 is 3.42. The van der Waals surface area contributed by atoms with Crippen LogP contribution in [-0.4, -0.2) is 26.7 Å². The van der Waals surface area contributed by atoms with Crippen LogP contribution < -0.4 is 0 Å². The van der Waals surface area contributed by atoms with Crippen molar-refractivity contribution in [1.82, 2.24) is 9.88 Å². The fraction of sp³-hybridized carbons (Fsp3) is 0.115. The van der Waals surface area contributed by atoms with E-state index in [1.54, 1.807) is 36.7 Å². The average Bonchev–Trinajstić information content (AvgIpc) is 3.33. The molecule has 1 aliphatic rings. The van der Waals surface area contributed by atoms with Crippen molar-refractivity contribution in [3.63, 3.8) is 0 Å². The van der Waals surface area contributed by atoms with Gasteiger partial charge in [-0.25, -0.2) is 0 Å². The van der Waals surface area contributed by atoms with E-state index in [0.29, 0.717) is 5.58 Å². The Labute approximate surface area is 198 Å². The van der Waals surface area contributed by atoms with Gasteiger partial charge in [-0.3, -0.25) is 14.6 Å². The number of fused-ring (bicyclic) bond motifs is 1. The van der Waals surface area contributed by atoms with E-state index in [1.165, 1.54) is 4.90 Å². The fourth-order valence-corrected chi connectivity index (χ4v) is 4.56. The van der Waals surface area contributed by atoms with Gasteiger partial charge in [-0.05, 0) is 54.4 Å². The van der Waals surface area contributed by atoms with Gasteiger partial charge in [-0.2, -0.15) is 0 Å². The van der Waals surface area contributed by atoms with Crippen LogP contribution in [0, 0.1) is 6.92 Å². The number of nitrogens with zero attached hydrogens (tertiary/aromatic N) is 2. The predicted molar refractivity (Wildman–Crippen MR) is 127 cm³/mol. The van der Waals surface area contributed by atoms with Gasteiger partial charge < -0.3 is 14.4 Å². The first-order valence-electron chi connectivity index (χ1n) is 10.4. The van der Waals surface area contributed by atoms with Gasteiger partial charge in [0.25, 0.3) is 5.91 Å². The average molecular weight is 503 g/mol. The number of pyridine rings is 1. The van der Waals surface area contributed by atoms with Crippen molar-refractivity contribution in [1.29, 1.82) is 0 Å². The van der Waals surface area contributed by atoms with E-state index < -0.39 is 23.5 Å². The standard InChI is InChI=1S/C26H19BrN2O4/c1-15-3-2-4-17(11-15)23-22(24(30)21-13-18-12-19(27)5-6-20(18)33-21)25(31)26(32)29(23)14-16-7-9-28-10-8-16/h2-13,23,31H,14H2,1H3. The molecule has 7 heteroatoms. The van der Waals surface area contributed by atoms with E-state index in [2.05, 4.69) is 20.9 Å². The van der Waals surface area contributed by atoms with Gasteiger partial charge in [-0.1, -0.05) is 45.8 Å². The zero-order chi connectivity index (χ0) is 23.1. The molecule has 0 radical (unpaired) electrons. The van der Waals surface area contributed by atoms with Crippen molar-refractivity contribution in [2.45, 2.75) is 19.5 Å². The van der Waals surface area contributed by atoms with Gasteiger partial charge in [0.2, 0.25) is 5.78 Å². The largest absolute Gasteiger partial charge is 0.503 e. The summed E-state index contributed by atoms with van der Waals surface area (Å²) in [6.45, 7) is 2.16. The molecule has 2 aromatic carbocycles. The van der Waals surface area contributed by atoms with Crippen molar-refractivity contribution in [2.24, 2.45) is 0 Å². The van der Waals surface area contributed by atoms with Crippen LogP contribution in [-0.2, 0) is 11.3 Å². The highest BCUT2D eigenvalue weighted by Crippen LogP contribution is 2.40. The second-order valence-corrected chi connectivity index (χ2v) is 8.91. The summed E-state index contributed by atoms with van der Waals surface area (Å²) < 4.78 is 6.64. The molecule has 1 N–H and O–H groups in total. The third-order valence-electron chi connectivity index (χ3n) is 5.71. The van der Waals surface area contributed by atoms with E-state index in [4.69, 9.17) is 4.42 Å². The molecule has 1 atom stereocenters. The molecule has 3 heterocycles. The minimum Gasteiger partial charge on any atom is -0.503 e. The van der Waals surface area contributed by atoms with Gasteiger partial charge >= 0.3 is 0 Å². The lowest BCUT2D eigenvalue weighted by molar-refractivity contribution is -0.130. The summed E-state index contributed by atoms with van der Waals surface area (Å²) in [5, 5.41) is 11.6. The summed E-state index contributed by atoms with van der Waals surface area (Å²) in [5.74, 6) is -1.60. The Morgan fingerprint density at radius 3 is 2.67 bits per heavy atom. The number of ketones is 1. The van der Waals surface area contributed by atoms with E-state index in [1.807, 2.05) is 43.3 Å². The maximum absolute atomic E-state index is 13.6. The van der Waals surface area contributed by atoms with Crippen LogP contribution >= 0.6 is 15.9 Å². The Morgan fingerprint density at radius 1 is 1.12 bits per heavy atom. The first-order valence-corrected chi connectivity index (χ1v) is 11.1. The molecule has 0 fully saturated rings. The minimum absolute atomic E-state index is 0.0118. The van der Waals surface area contributed by atoms with E-state index in [-0.39, 0.29) is 17.9 Å². The highest BCUT2D eigenvalue weighted by Gasteiger charge is 2.44. The molecule has 0 saturated carbocycles. The first-order chi connectivity index (χ1) is 15.9. The molecule has 0 saturated heterocycles. The number of hydrogen-bond acceptors (Lipinski definition) is 5. The maximum Gasteiger partial charge on any atom is 0.290 e. The molecule has 5 rings (SSSR count). The van der Waals surface area contributed by atoms with Crippen LogP contribution in [0.1, 0.15) is 33.3 Å². The molecular formula is C26H19BrN2O4. The maximum atomic E-state index is 13.6. The Kier molecular flexibility index (Phi) is 5.34. The van der Waals surface area contributed by atoms with Crippen LogP contribution in [0.3, 0.4) is 0 Å². The molecule has 2 aromatic heterocycles. The molecular weight excluding hydrogens is 484 g/mol. The molecule has 6 nitrogen and oxygen atoms in total. The number of Topliss-reactive ketones (excluding diaryl/α,β-unsaturated/α-hetero) is 1. The van der Waals surface area contributed by atoms with E-state index >= 15 is 0 Å². The minimum atomic E-state index is -0.752. The number of benzene rings is 2. The molecule has 0 aliphatic carbocycles. The van der Waals surface area contributed by atoms with Crippen LogP contribution in [0.15, 0.2) is 93.3 Å². The lowest BCUT2D eigenvalue weighted by Crippen LogP contribution is -2.30. The van der Waals surface area contributed by atoms with Gasteiger partial charge in [0.15, 0.2) is 11.5 Å². The summed E-state index contributed by atoms with van der Waals surface area (Å²) in [6.07, 6.45) is 3.28. The number of carbonyl (C=O) groups is 2. The second-order valence-electron chi connectivity index (χ2n) is 7.99. The molecule has 1 aliphatic heterocycles. The number of amides is 1. The second kappa shape index (κ2) is 8.33. The summed E-state index contributed by atoms with van der Waals surface area (Å²) in [4.78, 5) is 32.3. The number of hydrogen-bond donors (Lipinski definition) is 1. The molecule has 1 unspecified atom stereocenters. The predicted octanol–water partition coefficient (Wildman–Crippen LogP) is 5.68. The molecule has 0 bridgehead atoms. The topological polar surface area (TPSA) is 83.6 Å². The van der Waals surface area contributed by atoms with Gasteiger partial charge in [-0.15, -0.1) is 0 Å². The number of aliphatic hydroxyl groups is 1. The molecule has 33 heavy (non-hydrogen) atoms. The number of aromatic nitrogens is 1. The molecule has 4 aromatic rings. The monoisotopic (exact) mass is 502 g/mol. The smallest absolute Gasteiger partial charge is 0.290 e. The van der Waals surface area contributed by atoms with Crippen LogP contribution in [0.25, 0.3) is 11.0 Å². The van der Waals surface area contributed by atoms with Crippen molar-refractivity contribution in [3.05, 3.63) is 111 Å². The molecule has 0 spiro atoms. The lowest BCUT2D eigenvalue weighted by Gasteiger charge is -2.27. The summed E-state index contributed by atoms with van der Waals surface area (Å²) in [5.41, 5.74) is 3.12. The lowest BCUT2D eigenvalue weighted by atomic mass is 9.94. The van der Waals surface area contributed by atoms with Crippen molar-refractivity contribution in [3.8, 4) is 0 Å². The third kappa shape index (κ3) is 3.85. The van der Waals surface area contributed by atoms with Crippen LogP contribution in [0.2, 0.25) is 0 Å². The van der Waals surface area contributed by atoms with Crippen LogP contribution in [0.5, 0.6) is 0 Å². The van der Waals surface area contributed by atoms with E-state index in [9.17, 15) is 14.7 Å². The normalized spacial score (nSPS) is 16.1. The molecule has 1 amide bonds. The Bertz CT molecular complexity index is 1420. The van der Waals surface area contributed by atoms with Gasteiger partial charge in [0.05, 0.1) is 11.6 Å².